The van der Waals surface area contributed by atoms with Crippen LogP contribution in [-0.4, -0.2) is 23.0 Å². The van der Waals surface area contributed by atoms with Gasteiger partial charge >= 0.3 is 5.97 Å². The van der Waals surface area contributed by atoms with E-state index in [0.717, 1.165) is 25.3 Å². The summed E-state index contributed by atoms with van der Waals surface area (Å²) in [6.07, 6.45) is 3.81. The number of benzene rings is 1. The Morgan fingerprint density at radius 2 is 1.95 bits per heavy atom. The van der Waals surface area contributed by atoms with Gasteiger partial charge in [0.05, 0.1) is 11.5 Å². The fourth-order valence-electron chi connectivity index (χ4n) is 2.75. The lowest BCUT2D eigenvalue weighted by atomic mass is 9.94. The SMILES string of the molecule is Nc1ccc(F)cc1C(=O)NC1CCCCCC1C(=O)O. The molecule has 0 spiro atoms. The van der Waals surface area contributed by atoms with E-state index < -0.39 is 29.7 Å². The van der Waals surface area contributed by atoms with E-state index in [1.165, 1.54) is 12.1 Å². The molecule has 5 nitrogen and oxygen atoms in total. The van der Waals surface area contributed by atoms with Gasteiger partial charge in [0.15, 0.2) is 0 Å². The van der Waals surface area contributed by atoms with Crippen molar-refractivity contribution in [1.29, 1.82) is 0 Å². The molecule has 114 valence electrons. The van der Waals surface area contributed by atoms with Crippen molar-refractivity contribution in [2.24, 2.45) is 5.92 Å². The van der Waals surface area contributed by atoms with Crippen LogP contribution in [0.3, 0.4) is 0 Å². The summed E-state index contributed by atoms with van der Waals surface area (Å²) >= 11 is 0. The molecule has 0 aromatic heterocycles. The third-order valence-corrected chi connectivity index (χ3v) is 3.91. The second kappa shape index (κ2) is 6.56. The number of hydrogen-bond donors (Lipinski definition) is 3. The number of rotatable bonds is 3. The van der Waals surface area contributed by atoms with Gasteiger partial charge in [0.25, 0.3) is 5.91 Å². The normalized spacial score (nSPS) is 22.3. The molecule has 0 heterocycles. The maximum atomic E-state index is 13.2. The molecule has 0 saturated heterocycles. The summed E-state index contributed by atoms with van der Waals surface area (Å²) in [5, 5.41) is 12.0. The highest BCUT2D eigenvalue weighted by Gasteiger charge is 2.31. The molecule has 1 aromatic carbocycles. The standard InChI is InChI=1S/C15H19FN2O3/c16-9-6-7-12(17)11(8-9)14(19)18-13-5-3-1-2-4-10(13)15(20)21/h6-8,10,13H,1-5,17H2,(H,18,19)(H,20,21). The van der Waals surface area contributed by atoms with E-state index in [9.17, 15) is 19.1 Å². The van der Waals surface area contributed by atoms with Crippen LogP contribution in [0.15, 0.2) is 18.2 Å². The number of nitrogens with two attached hydrogens (primary N) is 1. The number of carboxylic acid groups (broad SMARTS) is 1. The van der Waals surface area contributed by atoms with Gasteiger partial charge in [-0.3, -0.25) is 9.59 Å². The minimum atomic E-state index is -0.908. The molecular weight excluding hydrogens is 275 g/mol. The summed E-state index contributed by atoms with van der Waals surface area (Å²) in [5.74, 6) is -2.59. The van der Waals surface area contributed by atoms with Crippen LogP contribution in [0.2, 0.25) is 0 Å². The number of carboxylic acids is 1. The third-order valence-electron chi connectivity index (χ3n) is 3.91. The van der Waals surface area contributed by atoms with Gasteiger partial charge < -0.3 is 16.2 Å². The maximum absolute atomic E-state index is 13.2. The van der Waals surface area contributed by atoms with Crippen molar-refractivity contribution in [3.8, 4) is 0 Å². The van der Waals surface area contributed by atoms with Gasteiger partial charge in [0.1, 0.15) is 5.82 Å². The monoisotopic (exact) mass is 294 g/mol. The minimum Gasteiger partial charge on any atom is -0.481 e. The highest BCUT2D eigenvalue weighted by molar-refractivity contribution is 5.99. The van der Waals surface area contributed by atoms with Gasteiger partial charge in [-0.15, -0.1) is 0 Å². The largest absolute Gasteiger partial charge is 0.481 e. The second-order valence-corrected chi connectivity index (χ2v) is 5.39. The number of carbonyl (C=O) groups is 2. The summed E-state index contributed by atoms with van der Waals surface area (Å²) in [6.45, 7) is 0. The zero-order valence-electron chi connectivity index (χ0n) is 11.6. The first-order valence-corrected chi connectivity index (χ1v) is 7.07. The Hall–Kier alpha value is -2.11. The number of amides is 1. The quantitative estimate of drug-likeness (QED) is 0.588. The molecular formula is C15H19FN2O3. The van der Waals surface area contributed by atoms with E-state index in [2.05, 4.69) is 5.32 Å². The van der Waals surface area contributed by atoms with E-state index in [-0.39, 0.29) is 11.3 Å². The van der Waals surface area contributed by atoms with Gasteiger partial charge in [-0.2, -0.15) is 0 Å². The summed E-state index contributed by atoms with van der Waals surface area (Å²) in [7, 11) is 0. The number of nitrogen functional groups attached to an aromatic ring is 1. The summed E-state index contributed by atoms with van der Waals surface area (Å²) in [5.41, 5.74) is 5.90. The fourth-order valence-corrected chi connectivity index (χ4v) is 2.75. The fraction of sp³-hybridized carbons (Fsp3) is 0.467. The number of nitrogens with one attached hydrogen (secondary N) is 1. The molecule has 2 rings (SSSR count). The average molecular weight is 294 g/mol. The van der Waals surface area contributed by atoms with Crippen LogP contribution in [0.5, 0.6) is 0 Å². The zero-order valence-corrected chi connectivity index (χ0v) is 11.6. The number of halogens is 1. The smallest absolute Gasteiger partial charge is 0.308 e. The van der Waals surface area contributed by atoms with Gasteiger partial charge in [0.2, 0.25) is 0 Å². The van der Waals surface area contributed by atoms with Crippen molar-refractivity contribution in [3.63, 3.8) is 0 Å². The third kappa shape index (κ3) is 3.71. The summed E-state index contributed by atoms with van der Waals surface area (Å²) in [6, 6.07) is 3.13. The molecule has 2 unspecified atom stereocenters. The number of anilines is 1. The minimum absolute atomic E-state index is 0.0448. The van der Waals surface area contributed by atoms with E-state index in [1.54, 1.807) is 0 Å². The van der Waals surface area contributed by atoms with Crippen molar-refractivity contribution < 1.29 is 19.1 Å². The molecule has 1 aliphatic carbocycles. The van der Waals surface area contributed by atoms with Crippen LogP contribution < -0.4 is 11.1 Å². The van der Waals surface area contributed by atoms with Gasteiger partial charge in [-0.1, -0.05) is 19.3 Å². The molecule has 1 saturated carbocycles. The van der Waals surface area contributed by atoms with Gasteiger partial charge in [0, 0.05) is 11.7 Å². The topological polar surface area (TPSA) is 92.4 Å². The highest BCUT2D eigenvalue weighted by atomic mass is 19.1. The molecule has 1 aliphatic rings. The molecule has 1 aromatic rings. The molecule has 6 heteroatoms. The molecule has 0 radical (unpaired) electrons. The predicted molar refractivity (Wildman–Crippen MR) is 76.3 cm³/mol. The molecule has 4 N–H and O–H groups in total. The lowest BCUT2D eigenvalue weighted by molar-refractivity contribution is -0.142. The Balaban J connectivity index is 2.16. The summed E-state index contributed by atoms with van der Waals surface area (Å²) < 4.78 is 13.2. The Labute approximate surface area is 122 Å². The molecule has 21 heavy (non-hydrogen) atoms. The molecule has 2 atom stereocenters. The van der Waals surface area contributed by atoms with Crippen molar-refractivity contribution in [3.05, 3.63) is 29.6 Å². The van der Waals surface area contributed by atoms with Crippen molar-refractivity contribution in [1.82, 2.24) is 5.32 Å². The lowest BCUT2D eigenvalue weighted by Gasteiger charge is -2.23. The number of hydrogen-bond acceptors (Lipinski definition) is 3. The van der Waals surface area contributed by atoms with Crippen LogP contribution in [0, 0.1) is 11.7 Å². The zero-order chi connectivity index (χ0) is 15.4. The van der Waals surface area contributed by atoms with Crippen molar-refractivity contribution >= 4 is 17.6 Å². The molecule has 1 fully saturated rings. The lowest BCUT2D eigenvalue weighted by Crippen LogP contribution is -2.43. The van der Waals surface area contributed by atoms with Gasteiger partial charge in [-0.05, 0) is 31.0 Å². The Morgan fingerprint density at radius 1 is 1.24 bits per heavy atom. The van der Waals surface area contributed by atoms with Crippen LogP contribution in [0.25, 0.3) is 0 Å². The van der Waals surface area contributed by atoms with E-state index in [4.69, 9.17) is 5.73 Å². The number of aliphatic carboxylic acids is 1. The maximum Gasteiger partial charge on any atom is 0.308 e. The van der Waals surface area contributed by atoms with E-state index >= 15 is 0 Å². The highest BCUT2D eigenvalue weighted by Crippen LogP contribution is 2.24. The molecule has 0 bridgehead atoms. The first-order valence-electron chi connectivity index (χ1n) is 7.07. The first-order chi connectivity index (χ1) is 9.99. The Bertz CT molecular complexity index is 548. The van der Waals surface area contributed by atoms with Crippen LogP contribution in [0.4, 0.5) is 10.1 Å². The van der Waals surface area contributed by atoms with Crippen molar-refractivity contribution in [2.45, 2.75) is 38.1 Å². The average Bonchev–Trinajstić information content (AvgIpc) is 2.67. The number of carbonyl (C=O) groups excluding carboxylic acids is 1. The van der Waals surface area contributed by atoms with Crippen LogP contribution >= 0.6 is 0 Å². The second-order valence-electron chi connectivity index (χ2n) is 5.39. The van der Waals surface area contributed by atoms with Crippen LogP contribution in [0.1, 0.15) is 42.5 Å². The summed E-state index contributed by atoms with van der Waals surface area (Å²) in [4.78, 5) is 23.5. The van der Waals surface area contributed by atoms with E-state index in [1.807, 2.05) is 0 Å². The van der Waals surface area contributed by atoms with E-state index in [0.29, 0.717) is 12.8 Å². The predicted octanol–water partition coefficient (Wildman–Crippen LogP) is 2.17. The molecule has 1 amide bonds. The Kier molecular flexibility index (Phi) is 4.77. The molecule has 0 aliphatic heterocycles. The van der Waals surface area contributed by atoms with Crippen LogP contribution in [-0.2, 0) is 4.79 Å². The van der Waals surface area contributed by atoms with Gasteiger partial charge in [-0.25, -0.2) is 4.39 Å². The van der Waals surface area contributed by atoms with Crippen molar-refractivity contribution in [2.75, 3.05) is 5.73 Å². The first kappa shape index (κ1) is 15.3. The Morgan fingerprint density at radius 3 is 2.67 bits per heavy atom.